The van der Waals surface area contributed by atoms with Crippen molar-refractivity contribution in [1.29, 1.82) is 0 Å². The van der Waals surface area contributed by atoms with Crippen LogP contribution in [0.3, 0.4) is 0 Å². The van der Waals surface area contributed by atoms with Gasteiger partial charge in [0.2, 0.25) is 5.78 Å². The van der Waals surface area contributed by atoms with E-state index in [9.17, 15) is 23.9 Å². The van der Waals surface area contributed by atoms with Gasteiger partial charge in [0.15, 0.2) is 0 Å². The highest BCUT2D eigenvalue weighted by Gasteiger charge is 2.19. The van der Waals surface area contributed by atoms with E-state index >= 15 is 0 Å². The van der Waals surface area contributed by atoms with Crippen molar-refractivity contribution in [3.63, 3.8) is 0 Å². The van der Waals surface area contributed by atoms with Crippen LogP contribution in [0.2, 0.25) is 0 Å². The maximum Gasteiger partial charge on any atom is 0.258 e. The van der Waals surface area contributed by atoms with Gasteiger partial charge in [-0.2, -0.15) is 0 Å². The number of pyridine rings is 1. The van der Waals surface area contributed by atoms with E-state index in [4.69, 9.17) is 5.73 Å². The third kappa shape index (κ3) is 2.49. The van der Waals surface area contributed by atoms with E-state index in [1.807, 2.05) is 0 Å². The Labute approximate surface area is 132 Å². The van der Waals surface area contributed by atoms with Crippen molar-refractivity contribution in [3.05, 3.63) is 62.5 Å². The van der Waals surface area contributed by atoms with Crippen molar-refractivity contribution in [3.8, 4) is 0 Å². The first kappa shape index (κ1) is 14.9. The SMILES string of the molecule is Nc1c(C(=O)c2ccc(F)cc2)sc2[nH]c(=O)c(C(=O)[O-])cc12. The van der Waals surface area contributed by atoms with Gasteiger partial charge in [0.05, 0.1) is 17.2 Å². The summed E-state index contributed by atoms with van der Waals surface area (Å²) in [6.07, 6.45) is 0. The average molecular weight is 331 g/mol. The first-order valence-electron chi connectivity index (χ1n) is 6.35. The lowest BCUT2D eigenvalue weighted by atomic mass is 10.1. The van der Waals surface area contributed by atoms with Crippen molar-refractivity contribution in [1.82, 2.24) is 4.98 Å². The van der Waals surface area contributed by atoms with Gasteiger partial charge in [0.1, 0.15) is 15.5 Å². The highest BCUT2D eigenvalue weighted by molar-refractivity contribution is 7.21. The number of aromatic carboxylic acids is 1. The summed E-state index contributed by atoms with van der Waals surface area (Å²) in [5, 5.41) is 11.1. The molecule has 0 spiro atoms. The molecule has 3 aromatic rings. The number of carbonyl (C=O) groups excluding carboxylic acids is 2. The van der Waals surface area contributed by atoms with Gasteiger partial charge < -0.3 is 20.6 Å². The molecule has 23 heavy (non-hydrogen) atoms. The average Bonchev–Trinajstić information content (AvgIpc) is 2.82. The van der Waals surface area contributed by atoms with Gasteiger partial charge in [-0.1, -0.05) is 0 Å². The number of anilines is 1. The van der Waals surface area contributed by atoms with E-state index in [0.29, 0.717) is 0 Å². The summed E-state index contributed by atoms with van der Waals surface area (Å²) in [6, 6.07) is 6.00. The van der Waals surface area contributed by atoms with Gasteiger partial charge in [0.25, 0.3) is 5.56 Å². The van der Waals surface area contributed by atoms with Crippen LogP contribution in [0.15, 0.2) is 35.1 Å². The summed E-state index contributed by atoms with van der Waals surface area (Å²) in [5.74, 6) is -2.56. The molecule has 0 radical (unpaired) electrons. The molecule has 3 N–H and O–H groups in total. The number of thiophene rings is 1. The van der Waals surface area contributed by atoms with Crippen LogP contribution in [-0.2, 0) is 0 Å². The molecule has 6 nitrogen and oxygen atoms in total. The number of carboxylic acids is 1. The Bertz CT molecular complexity index is 1000. The molecule has 0 aliphatic carbocycles. The summed E-state index contributed by atoms with van der Waals surface area (Å²) < 4.78 is 12.9. The van der Waals surface area contributed by atoms with Crippen LogP contribution in [-0.4, -0.2) is 16.7 Å². The second-order valence-electron chi connectivity index (χ2n) is 4.72. The molecule has 0 amide bonds. The van der Waals surface area contributed by atoms with Gasteiger partial charge in [-0.15, -0.1) is 11.3 Å². The Morgan fingerprint density at radius 2 is 1.87 bits per heavy atom. The number of halogens is 1. The zero-order chi connectivity index (χ0) is 16.7. The molecule has 8 heteroatoms. The summed E-state index contributed by atoms with van der Waals surface area (Å²) >= 11 is 0.928. The second kappa shape index (κ2) is 5.33. The van der Waals surface area contributed by atoms with E-state index < -0.39 is 28.7 Å². The Balaban J connectivity index is 2.17. The van der Waals surface area contributed by atoms with E-state index in [2.05, 4.69) is 4.98 Å². The Hall–Kier alpha value is -3.00. The Kier molecular flexibility index (Phi) is 3.45. The number of fused-ring (bicyclic) bond motifs is 1. The maximum absolute atomic E-state index is 12.9. The second-order valence-corrected chi connectivity index (χ2v) is 5.74. The number of benzene rings is 1. The number of aromatic nitrogens is 1. The quantitative estimate of drug-likeness (QED) is 0.692. The molecule has 1 aromatic carbocycles. The zero-order valence-electron chi connectivity index (χ0n) is 11.4. The lowest BCUT2D eigenvalue weighted by Gasteiger charge is -2.01. The van der Waals surface area contributed by atoms with Gasteiger partial charge in [-0.25, -0.2) is 4.39 Å². The van der Waals surface area contributed by atoms with Crippen LogP contribution >= 0.6 is 11.3 Å². The predicted octanol–water partition coefficient (Wildman–Crippen LogP) is 0.905. The van der Waals surface area contributed by atoms with Crippen LogP contribution in [0.4, 0.5) is 10.1 Å². The number of hydrogen-bond donors (Lipinski definition) is 2. The Morgan fingerprint density at radius 1 is 1.22 bits per heavy atom. The smallest absolute Gasteiger partial charge is 0.258 e. The molecule has 0 bridgehead atoms. The molecule has 0 unspecified atom stereocenters. The first-order valence-corrected chi connectivity index (χ1v) is 7.17. The minimum Gasteiger partial charge on any atom is -0.545 e. The van der Waals surface area contributed by atoms with Crippen LogP contribution in [0, 0.1) is 5.82 Å². The molecule has 0 aliphatic rings. The highest BCUT2D eigenvalue weighted by Crippen LogP contribution is 2.33. The minimum atomic E-state index is -1.63. The predicted molar refractivity (Wildman–Crippen MR) is 81.0 cm³/mol. The highest BCUT2D eigenvalue weighted by atomic mass is 32.1. The van der Waals surface area contributed by atoms with E-state index in [1.54, 1.807) is 0 Å². The number of hydrogen-bond acceptors (Lipinski definition) is 6. The zero-order valence-corrected chi connectivity index (χ0v) is 12.2. The summed E-state index contributed by atoms with van der Waals surface area (Å²) in [7, 11) is 0. The lowest BCUT2D eigenvalue weighted by Crippen LogP contribution is -2.29. The largest absolute Gasteiger partial charge is 0.545 e. The van der Waals surface area contributed by atoms with Crippen molar-refractivity contribution in [2.75, 3.05) is 5.73 Å². The molecule has 2 aromatic heterocycles. The number of carbonyl (C=O) groups is 2. The normalized spacial score (nSPS) is 10.8. The number of H-pyrrole nitrogens is 1. The van der Waals surface area contributed by atoms with Crippen LogP contribution in [0.1, 0.15) is 25.6 Å². The van der Waals surface area contributed by atoms with Crippen LogP contribution in [0.5, 0.6) is 0 Å². The first-order chi connectivity index (χ1) is 10.9. The lowest BCUT2D eigenvalue weighted by molar-refractivity contribution is -0.255. The molecule has 0 aliphatic heterocycles. The molecular weight excluding hydrogens is 323 g/mol. The van der Waals surface area contributed by atoms with Crippen molar-refractivity contribution in [2.45, 2.75) is 0 Å². The van der Waals surface area contributed by atoms with Crippen LogP contribution in [0.25, 0.3) is 10.2 Å². The number of nitrogens with one attached hydrogen (secondary N) is 1. The number of aromatic amines is 1. The number of nitrogen functional groups attached to an aromatic ring is 1. The van der Waals surface area contributed by atoms with E-state index in [-0.39, 0.29) is 26.3 Å². The summed E-state index contributed by atoms with van der Waals surface area (Å²) in [6.45, 7) is 0. The third-order valence-electron chi connectivity index (χ3n) is 3.28. The molecule has 0 fully saturated rings. The fraction of sp³-hybridized carbons (Fsp3) is 0. The van der Waals surface area contributed by atoms with Crippen molar-refractivity contribution >= 4 is 39.0 Å². The fourth-order valence-corrected chi connectivity index (χ4v) is 3.18. The van der Waals surface area contributed by atoms with Crippen molar-refractivity contribution in [2.24, 2.45) is 0 Å². The standard InChI is InChI=1S/C15H9FN2O4S/c16-7-3-1-6(2-4-7)11(19)12-10(17)8-5-9(15(21)22)13(20)18-14(8)23-12/h1-5H,17H2,(H,18,20)(H,21,22)/p-1. The molecular formula is C15H8FN2O4S-. The van der Waals surface area contributed by atoms with E-state index in [1.165, 1.54) is 12.1 Å². The molecule has 2 heterocycles. The fourth-order valence-electron chi connectivity index (χ4n) is 2.13. The third-order valence-corrected chi connectivity index (χ3v) is 4.41. The molecule has 0 saturated carbocycles. The molecule has 0 atom stereocenters. The summed E-state index contributed by atoms with van der Waals surface area (Å²) in [4.78, 5) is 37.8. The number of rotatable bonds is 3. The number of carboxylic acid groups (broad SMARTS) is 1. The van der Waals surface area contributed by atoms with Gasteiger partial charge in [-0.05, 0) is 30.3 Å². The van der Waals surface area contributed by atoms with Gasteiger partial charge in [0, 0.05) is 10.9 Å². The summed E-state index contributed by atoms with van der Waals surface area (Å²) in [5.41, 5.74) is 4.79. The minimum absolute atomic E-state index is 0.0538. The molecule has 3 rings (SSSR count). The number of nitrogens with two attached hydrogens (primary N) is 1. The Morgan fingerprint density at radius 3 is 2.48 bits per heavy atom. The van der Waals surface area contributed by atoms with Gasteiger partial charge >= 0.3 is 0 Å². The monoisotopic (exact) mass is 331 g/mol. The number of ketones is 1. The van der Waals surface area contributed by atoms with E-state index in [0.717, 1.165) is 29.5 Å². The molecule has 0 saturated heterocycles. The maximum atomic E-state index is 12.9. The molecule has 116 valence electrons. The van der Waals surface area contributed by atoms with Crippen LogP contribution < -0.4 is 16.4 Å². The van der Waals surface area contributed by atoms with Gasteiger partial charge in [-0.3, -0.25) is 9.59 Å². The van der Waals surface area contributed by atoms with Crippen molar-refractivity contribution < 1.29 is 19.1 Å². The topological polar surface area (TPSA) is 116 Å².